The zero-order valence-electron chi connectivity index (χ0n) is 12.2. The number of halogens is 2. The SMILES string of the molecule is NS(=O)(=O)c1ccc(NCCc2ccc(F)cc2F)c([N+](=O)[O-])c1. The number of nitrogens with two attached hydrogens (primary N) is 1. The molecule has 24 heavy (non-hydrogen) atoms. The fourth-order valence-corrected chi connectivity index (χ4v) is 2.58. The molecule has 0 fully saturated rings. The lowest BCUT2D eigenvalue weighted by Crippen LogP contribution is -2.13. The van der Waals surface area contributed by atoms with Crippen LogP contribution in [0.15, 0.2) is 41.3 Å². The Morgan fingerprint density at radius 3 is 2.46 bits per heavy atom. The van der Waals surface area contributed by atoms with Crippen molar-refractivity contribution in [2.75, 3.05) is 11.9 Å². The van der Waals surface area contributed by atoms with Gasteiger partial charge < -0.3 is 5.32 Å². The lowest BCUT2D eigenvalue weighted by molar-refractivity contribution is -0.384. The molecule has 0 aliphatic carbocycles. The molecule has 0 heterocycles. The zero-order chi connectivity index (χ0) is 17.9. The van der Waals surface area contributed by atoms with Gasteiger partial charge in [0.15, 0.2) is 0 Å². The fraction of sp³-hybridized carbons (Fsp3) is 0.143. The molecule has 2 rings (SSSR count). The Bertz CT molecular complexity index is 888. The monoisotopic (exact) mass is 357 g/mol. The first kappa shape index (κ1) is 17.8. The summed E-state index contributed by atoms with van der Waals surface area (Å²) in [5.41, 5.74) is -0.163. The first-order valence-corrected chi connectivity index (χ1v) is 8.22. The molecule has 7 nitrogen and oxygen atoms in total. The summed E-state index contributed by atoms with van der Waals surface area (Å²) in [6, 6.07) is 6.32. The maximum Gasteiger partial charge on any atom is 0.293 e. The first-order chi connectivity index (χ1) is 11.2. The van der Waals surface area contributed by atoms with Crippen molar-refractivity contribution >= 4 is 21.4 Å². The van der Waals surface area contributed by atoms with Crippen molar-refractivity contribution in [2.24, 2.45) is 5.14 Å². The van der Waals surface area contributed by atoms with Crippen LogP contribution >= 0.6 is 0 Å². The lowest BCUT2D eigenvalue weighted by atomic mass is 10.1. The van der Waals surface area contributed by atoms with E-state index in [-0.39, 0.29) is 29.1 Å². The van der Waals surface area contributed by atoms with Crippen molar-refractivity contribution in [1.82, 2.24) is 0 Å². The average Bonchev–Trinajstić information content (AvgIpc) is 2.48. The van der Waals surface area contributed by atoms with Gasteiger partial charge in [-0.3, -0.25) is 10.1 Å². The van der Waals surface area contributed by atoms with Crippen molar-refractivity contribution in [3.8, 4) is 0 Å². The van der Waals surface area contributed by atoms with E-state index in [4.69, 9.17) is 5.14 Å². The number of benzene rings is 2. The van der Waals surface area contributed by atoms with Crippen LogP contribution in [0.25, 0.3) is 0 Å². The summed E-state index contributed by atoms with van der Waals surface area (Å²) < 4.78 is 48.8. The quantitative estimate of drug-likeness (QED) is 0.607. The van der Waals surface area contributed by atoms with Gasteiger partial charge in [0.25, 0.3) is 5.69 Å². The second kappa shape index (κ2) is 6.89. The number of anilines is 1. The van der Waals surface area contributed by atoms with Gasteiger partial charge in [-0.05, 0) is 30.2 Å². The van der Waals surface area contributed by atoms with Crippen molar-refractivity contribution in [3.63, 3.8) is 0 Å². The summed E-state index contributed by atoms with van der Waals surface area (Å²) in [6.45, 7) is 0.123. The highest BCUT2D eigenvalue weighted by Gasteiger charge is 2.18. The maximum absolute atomic E-state index is 13.5. The minimum atomic E-state index is -4.07. The summed E-state index contributed by atoms with van der Waals surface area (Å²) in [5, 5.41) is 18.7. The van der Waals surface area contributed by atoms with Crippen molar-refractivity contribution in [2.45, 2.75) is 11.3 Å². The molecule has 0 amide bonds. The van der Waals surface area contributed by atoms with E-state index in [0.717, 1.165) is 24.3 Å². The van der Waals surface area contributed by atoms with E-state index >= 15 is 0 Å². The molecular weight excluding hydrogens is 344 g/mol. The Labute approximate surface area is 136 Å². The van der Waals surface area contributed by atoms with Crippen LogP contribution in [0.2, 0.25) is 0 Å². The van der Waals surface area contributed by atoms with Crippen molar-refractivity contribution in [3.05, 3.63) is 63.7 Å². The van der Waals surface area contributed by atoms with Crippen LogP contribution in [0.4, 0.5) is 20.2 Å². The minimum Gasteiger partial charge on any atom is -0.379 e. The van der Waals surface area contributed by atoms with Crippen molar-refractivity contribution in [1.29, 1.82) is 0 Å². The molecular formula is C14H13F2N3O4S. The van der Waals surface area contributed by atoms with Gasteiger partial charge in [-0.2, -0.15) is 0 Å². The van der Waals surface area contributed by atoms with Crippen LogP contribution in [-0.2, 0) is 16.4 Å². The molecule has 0 saturated heterocycles. The maximum atomic E-state index is 13.5. The highest BCUT2D eigenvalue weighted by atomic mass is 32.2. The molecule has 0 aliphatic heterocycles. The standard InChI is InChI=1S/C14H13F2N3O4S/c15-10-2-1-9(12(16)7-10)5-6-18-13-4-3-11(24(17,22)23)8-14(13)19(20)21/h1-4,7-8,18H,5-6H2,(H2,17,22,23). The molecule has 0 atom stereocenters. The second-order valence-corrected chi connectivity index (χ2v) is 6.46. The van der Waals surface area contributed by atoms with Gasteiger partial charge in [-0.15, -0.1) is 0 Å². The Morgan fingerprint density at radius 1 is 1.17 bits per heavy atom. The van der Waals surface area contributed by atoms with Crippen LogP contribution in [0.5, 0.6) is 0 Å². The van der Waals surface area contributed by atoms with E-state index in [1.165, 1.54) is 12.1 Å². The number of primary sulfonamides is 1. The Balaban J connectivity index is 2.16. The number of sulfonamides is 1. The topological polar surface area (TPSA) is 115 Å². The van der Waals surface area contributed by atoms with E-state index in [0.29, 0.717) is 0 Å². The summed E-state index contributed by atoms with van der Waals surface area (Å²) >= 11 is 0. The van der Waals surface area contributed by atoms with Crippen LogP contribution in [0, 0.1) is 21.7 Å². The molecule has 0 spiro atoms. The molecule has 0 bridgehead atoms. The van der Waals surface area contributed by atoms with Crippen LogP contribution < -0.4 is 10.5 Å². The number of nitro benzene ring substituents is 1. The zero-order valence-corrected chi connectivity index (χ0v) is 13.0. The van der Waals surface area contributed by atoms with Crippen molar-refractivity contribution < 1.29 is 22.1 Å². The van der Waals surface area contributed by atoms with E-state index in [1.807, 2.05) is 0 Å². The highest BCUT2D eigenvalue weighted by molar-refractivity contribution is 7.89. The number of hydrogen-bond donors (Lipinski definition) is 2. The van der Waals surface area contributed by atoms with Crippen LogP contribution in [0.3, 0.4) is 0 Å². The Kier molecular flexibility index (Phi) is 5.10. The third-order valence-corrected chi connectivity index (χ3v) is 4.13. The molecule has 0 aliphatic rings. The second-order valence-electron chi connectivity index (χ2n) is 4.89. The number of rotatable bonds is 6. The van der Waals surface area contributed by atoms with Crippen LogP contribution in [-0.4, -0.2) is 19.9 Å². The van der Waals surface area contributed by atoms with E-state index in [2.05, 4.69) is 5.32 Å². The number of nitrogens with zero attached hydrogens (tertiary/aromatic N) is 1. The van der Waals surface area contributed by atoms with Gasteiger partial charge in [-0.1, -0.05) is 6.07 Å². The minimum absolute atomic E-state index is 0.0647. The molecule has 0 aromatic heterocycles. The number of nitro groups is 1. The van der Waals surface area contributed by atoms with Gasteiger partial charge >= 0.3 is 0 Å². The van der Waals surface area contributed by atoms with Gasteiger partial charge in [0.05, 0.1) is 9.82 Å². The van der Waals surface area contributed by atoms with E-state index in [1.54, 1.807) is 0 Å². The lowest BCUT2D eigenvalue weighted by Gasteiger charge is -2.09. The Morgan fingerprint density at radius 2 is 1.88 bits per heavy atom. The molecule has 0 radical (unpaired) electrons. The first-order valence-electron chi connectivity index (χ1n) is 6.67. The number of nitrogens with one attached hydrogen (secondary N) is 1. The number of hydrogen-bond acceptors (Lipinski definition) is 5. The molecule has 3 N–H and O–H groups in total. The van der Waals surface area contributed by atoms with E-state index in [9.17, 15) is 27.3 Å². The largest absolute Gasteiger partial charge is 0.379 e. The molecule has 128 valence electrons. The summed E-state index contributed by atoms with van der Waals surface area (Å²) in [5.74, 6) is -1.41. The van der Waals surface area contributed by atoms with E-state index < -0.39 is 32.3 Å². The third-order valence-electron chi connectivity index (χ3n) is 3.22. The molecule has 2 aromatic rings. The van der Waals surface area contributed by atoms with Gasteiger partial charge in [-0.25, -0.2) is 22.3 Å². The van der Waals surface area contributed by atoms with Gasteiger partial charge in [0, 0.05) is 18.7 Å². The molecule has 2 aromatic carbocycles. The molecule has 0 unspecified atom stereocenters. The third kappa shape index (κ3) is 4.24. The normalized spacial score (nSPS) is 11.3. The average molecular weight is 357 g/mol. The van der Waals surface area contributed by atoms with Crippen LogP contribution in [0.1, 0.15) is 5.56 Å². The molecule has 0 saturated carbocycles. The fourth-order valence-electron chi connectivity index (χ4n) is 2.05. The summed E-state index contributed by atoms with van der Waals surface area (Å²) in [6.07, 6.45) is 0.153. The Hall–Kier alpha value is -2.59. The molecule has 10 heteroatoms. The van der Waals surface area contributed by atoms with Gasteiger partial charge in [0.1, 0.15) is 17.3 Å². The predicted octanol–water partition coefficient (Wildman–Crippen LogP) is 2.17. The highest BCUT2D eigenvalue weighted by Crippen LogP contribution is 2.27. The van der Waals surface area contributed by atoms with Gasteiger partial charge in [0.2, 0.25) is 10.0 Å². The predicted molar refractivity (Wildman–Crippen MR) is 83.0 cm³/mol. The summed E-state index contributed by atoms with van der Waals surface area (Å²) in [4.78, 5) is 9.91. The smallest absolute Gasteiger partial charge is 0.293 e. The summed E-state index contributed by atoms with van der Waals surface area (Å²) in [7, 11) is -4.07.